The molecule has 3 rings (SSSR count). The van der Waals surface area contributed by atoms with E-state index in [9.17, 15) is 19.3 Å². The number of urea groups is 1. The van der Waals surface area contributed by atoms with Crippen molar-refractivity contribution >= 4 is 28.7 Å². The van der Waals surface area contributed by atoms with Crippen molar-refractivity contribution in [1.29, 1.82) is 0 Å². The van der Waals surface area contributed by atoms with E-state index in [4.69, 9.17) is 0 Å². The van der Waals surface area contributed by atoms with Crippen molar-refractivity contribution in [3.63, 3.8) is 0 Å². The van der Waals surface area contributed by atoms with Crippen molar-refractivity contribution < 1.29 is 14.1 Å². The molecule has 2 N–H and O–H groups in total. The third-order valence-corrected chi connectivity index (χ3v) is 4.56. The first-order valence-corrected chi connectivity index (χ1v) is 8.52. The fourth-order valence-corrected chi connectivity index (χ4v) is 3.23. The zero-order valence-electron chi connectivity index (χ0n) is 13.4. The van der Waals surface area contributed by atoms with E-state index in [1.54, 1.807) is 18.2 Å². The van der Waals surface area contributed by atoms with Crippen LogP contribution in [-0.4, -0.2) is 11.0 Å². The quantitative estimate of drug-likeness (QED) is 0.503. The van der Waals surface area contributed by atoms with Gasteiger partial charge in [-0.15, -0.1) is 11.3 Å². The normalized spacial score (nSPS) is 11.6. The number of nitrogens with one attached hydrogen (secondary N) is 2. The molecule has 1 aromatic heterocycles. The van der Waals surface area contributed by atoms with Crippen LogP contribution in [0.25, 0.3) is 0 Å². The number of nitro groups is 1. The predicted octanol–water partition coefficient (Wildman–Crippen LogP) is 4.71. The number of amides is 2. The standard InChI is InChI=1S/C18H14FN3O3S/c19-13-8-6-12(7-9-13)17(16-5-2-10-26-16)21-18(23)20-14-3-1-4-15(11-14)22(24)25/h1-11,17H,(H2,20,21,23). The van der Waals surface area contributed by atoms with Gasteiger partial charge >= 0.3 is 6.03 Å². The van der Waals surface area contributed by atoms with Crippen molar-refractivity contribution in [2.24, 2.45) is 0 Å². The van der Waals surface area contributed by atoms with E-state index in [1.165, 1.54) is 41.7 Å². The number of nitrogens with zero attached hydrogens (tertiary/aromatic N) is 1. The summed E-state index contributed by atoms with van der Waals surface area (Å²) in [6, 6.07) is 14.3. The van der Waals surface area contributed by atoms with E-state index in [2.05, 4.69) is 10.6 Å². The SMILES string of the molecule is O=C(Nc1cccc([N+](=O)[O-])c1)NC(c1ccc(F)cc1)c1cccs1. The monoisotopic (exact) mass is 371 g/mol. The highest BCUT2D eigenvalue weighted by atomic mass is 32.1. The van der Waals surface area contributed by atoms with Crippen molar-refractivity contribution in [3.05, 3.63) is 92.4 Å². The van der Waals surface area contributed by atoms with Crippen molar-refractivity contribution in [3.8, 4) is 0 Å². The van der Waals surface area contributed by atoms with Gasteiger partial charge in [0.25, 0.3) is 5.69 Å². The summed E-state index contributed by atoms with van der Waals surface area (Å²) in [5.41, 5.74) is 0.917. The van der Waals surface area contributed by atoms with Gasteiger partial charge in [-0.25, -0.2) is 9.18 Å². The first-order valence-electron chi connectivity index (χ1n) is 7.64. The van der Waals surface area contributed by atoms with E-state index < -0.39 is 17.0 Å². The summed E-state index contributed by atoms with van der Waals surface area (Å²) in [7, 11) is 0. The van der Waals surface area contributed by atoms with E-state index in [1.807, 2.05) is 17.5 Å². The Morgan fingerprint density at radius 3 is 2.54 bits per heavy atom. The Morgan fingerprint density at radius 2 is 1.88 bits per heavy atom. The Labute approximate surface area is 152 Å². The van der Waals surface area contributed by atoms with Crippen LogP contribution in [0.3, 0.4) is 0 Å². The molecule has 2 aromatic carbocycles. The molecule has 1 unspecified atom stereocenters. The number of anilines is 1. The fourth-order valence-electron chi connectivity index (χ4n) is 2.42. The third kappa shape index (κ3) is 4.22. The Balaban J connectivity index is 1.78. The number of hydrogen-bond acceptors (Lipinski definition) is 4. The maximum absolute atomic E-state index is 13.2. The van der Waals surface area contributed by atoms with Gasteiger partial charge in [-0.1, -0.05) is 24.3 Å². The van der Waals surface area contributed by atoms with Gasteiger partial charge in [0, 0.05) is 22.7 Å². The molecule has 1 atom stereocenters. The molecule has 8 heteroatoms. The summed E-state index contributed by atoms with van der Waals surface area (Å²) in [4.78, 5) is 23.6. The maximum Gasteiger partial charge on any atom is 0.320 e. The zero-order valence-corrected chi connectivity index (χ0v) is 14.2. The highest BCUT2D eigenvalue weighted by Gasteiger charge is 2.18. The Kier molecular flexibility index (Phi) is 5.23. The number of carbonyl (C=O) groups excluding carboxylic acids is 1. The highest BCUT2D eigenvalue weighted by molar-refractivity contribution is 7.10. The number of non-ortho nitro benzene ring substituents is 1. The average molecular weight is 371 g/mol. The average Bonchev–Trinajstić information content (AvgIpc) is 3.15. The lowest BCUT2D eigenvalue weighted by molar-refractivity contribution is -0.384. The number of rotatable bonds is 5. The molecule has 0 saturated heterocycles. The molecule has 1 heterocycles. The summed E-state index contributed by atoms with van der Waals surface area (Å²) >= 11 is 1.46. The summed E-state index contributed by atoms with van der Waals surface area (Å²) in [6.45, 7) is 0. The molecule has 26 heavy (non-hydrogen) atoms. The Bertz CT molecular complexity index is 914. The first-order chi connectivity index (χ1) is 12.5. The number of carbonyl (C=O) groups is 1. The lowest BCUT2D eigenvalue weighted by atomic mass is 10.1. The summed E-state index contributed by atoms with van der Waals surface area (Å²) in [5.74, 6) is -0.361. The van der Waals surface area contributed by atoms with Gasteiger partial charge in [0.2, 0.25) is 0 Å². The molecule has 0 aliphatic heterocycles. The summed E-state index contributed by atoms with van der Waals surface area (Å²) in [5, 5.41) is 18.1. The van der Waals surface area contributed by atoms with Crippen LogP contribution < -0.4 is 10.6 Å². The molecule has 0 bridgehead atoms. The molecule has 0 aliphatic carbocycles. The number of benzene rings is 2. The molecule has 2 amide bonds. The minimum Gasteiger partial charge on any atom is -0.326 e. The molecular weight excluding hydrogens is 357 g/mol. The third-order valence-electron chi connectivity index (χ3n) is 3.62. The van der Waals surface area contributed by atoms with Crippen molar-refractivity contribution in [2.45, 2.75) is 6.04 Å². The van der Waals surface area contributed by atoms with Crippen molar-refractivity contribution in [2.75, 3.05) is 5.32 Å². The number of nitro benzene ring substituents is 1. The molecule has 0 radical (unpaired) electrons. The van der Waals surface area contributed by atoms with E-state index in [0.717, 1.165) is 10.4 Å². The molecular formula is C18H14FN3O3S. The van der Waals surface area contributed by atoms with Crippen LogP contribution in [0.15, 0.2) is 66.0 Å². The van der Waals surface area contributed by atoms with Gasteiger partial charge in [0.15, 0.2) is 0 Å². The topological polar surface area (TPSA) is 84.3 Å². The number of thiophene rings is 1. The Morgan fingerprint density at radius 1 is 1.12 bits per heavy atom. The first kappa shape index (κ1) is 17.6. The molecule has 0 fully saturated rings. The van der Waals surface area contributed by atoms with Crippen LogP contribution >= 0.6 is 11.3 Å². The van der Waals surface area contributed by atoms with Gasteiger partial charge in [0.05, 0.1) is 11.0 Å². The minimum absolute atomic E-state index is 0.115. The fraction of sp³-hybridized carbons (Fsp3) is 0.0556. The lowest BCUT2D eigenvalue weighted by Gasteiger charge is -2.18. The van der Waals surface area contributed by atoms with Gasteiger partial charge in [-0.2, -0.15) is 0 Å². The predicted molar refractivity (Wildman–Crippen MR) is 97.8 cm³/mol. The smallest absolute Gasteiger partial charge is 0.320 e. The second kappa shape index (κ2) is 7.75. The van der Waals surface area contributed by atoms with E-state index >= 15 is 0 Å². The second-order valence-electron chi connectivity index (χ2n) is 5.41. The molecule has 3 aromatic rings. The van der Waals surface area contributed by atoms with E-state index in [-0.39, 0.29) is 11.5 Å². The zero-order chi connectivity index (χ0) is 18.5. The largest absolute Gasteiger partial charge is 0.326 e. The van der Waals surface area contributed by atoms with Crippen LogP contribution in [0.2, 0.25) is 0 Å². The van der Waals surface area contributed by atoms with Gasteiger partial charge in [0.1, 0.15) is 5.82 Å². The number of hydrogen-bond donors (Lipinski definition) is 2. The van der Waals surface area contributed by atoms with Gasteiger partial charge in [-0.3, -0.25) is 10.1 Å². The second-order valence-corrected chi connectivity index (χ2v) is 6.39. The highest BCUT2D eigenvalue weighted by Crippen LogP contribution is 2.26. The van der Waals surface area contributed by atoms with Crippen LogP contribution in [0, 0.1) is 15.9 Å². The van der Waals surface area contributed by atoms with Crippen LogP contribution in [0.1, 0.15) is 16.5 Å². The Hall–Kier alpha value is -3.26. The van der Waals surface area contributed by atoms with Crippen molar-refractivity contribution in [1.82, 2.24) is 5.32 Å². The lowest BCUT2D eigenvalue weighted by Crippen LogP contribution is -2.32. The molecule has 0 aliphatic rings. The summed E-state index contributed by atoms with van der Waals surface area (Å²) in [6.07, 6.45) is 0. The number of halogens is 1. The maximum atomic E-state index is 13.2. The summed E-state index contributed by atoms with van der Waals surface area (Å²) < 4.78 is 13.2. The van der Waals surface area contributed by atoms with Crippen LogP contribution in [0.4, 0.5) is 20.6 Å². The van der Waals surface area contributed by atoms with Crippen LogP contribution in [-0.2, 0) is 0 Å². The van der Waals surface area contributed by atoms with Gasteiger partial charge in [-0.05, 0) is 35.2 Å². The minimum atomic E-state index is -0.532. The van der Waals surface area contributed by atoms with Crippen LogP contribution in [0.5, 0.6) is 0 Å². The molecule has 0 saturated carbocycles. The van der Waals surface area contributed by atoms with E-state index in [0.29, 0.717) is 5.69 Å². The molecule has 0 spiro atoms. The molecule has 6 nitrogen and oxygen atoms in total. The van der Waals surface area contributed by atoms with Gasteiger partial charge < -0.3 is 10.6 Å². The molecule has 132 valence electrons.